The summed E-state index contributed by atoms with van der Waals surface area (Å²) in [7, 11) is 0. The van der Waals surface area contributed by atoms with Crippen LogP contribution in [0.1, 0.15) is 47.3 Å². The third-order valence-electron chi connectivity index (χ3n) is 3.57. The molecule has 0 saturated heterocycles. The minimum atomic E-state index is -0.0860. The van der Waals surface area contributed by atoms with Gasteiger partial charge in [-0.15, -0.1) is 5.10 Å². The molecule has 3 N–H and O–H groups in total. The van der Waals surface area contributed by atoms with Gasteiger partial charge in [0.2, 0.25) is 0 Å². The average Bonchev–Trinajstić information content (AvgIpc) is 2.82. The summed E-state index contributed by atoms with van der Waals surface area (Å²) in [5.41, 5.74) is 8.86. The molecule has 0 spiro atoms. The first kappa shape index (κ1) is 14.7. The summed E-state index contributed by atoms with van der Waals surface area (Å²) in [4.78, 5) is 0. The molecule has 108 valence electrons. The quantitative estimate of drug-likeness (QED) is 0.647. The van der Waals surface area contributed by atoms with Gasteiger partial charge < -0.3 is 0 Å². The van der Waals surface area contributed by atoms with Crippen LogP contribution >= 0.6 is 0 Å². The van der Waals surface area contributed by atoms with Gasteiger partial charge in [-0.2, -0.15) is 0 Å². The summed E-state index contributed by atoms with van der Waals surface area (Å²) in [6.07, 6.45) is 2.80. The number of nitrogens with zero attached hydrogens (tertiary/aromatic N) is 3. The topological polar surface area (TPSA) is 68.8 Å². The number of nitrogens with one attached hydrogen (secondary N) is 1. The highest BCUT2D eigenvalue weighted by Crippen LogP contribution is 2.28. The number of aryl methyl sites for hydroxylation is 4. The highest BCUT2D eigenvalue weighted by Gasteiger charge is 2.21. The number of hydrogen-bond donors (Lipinski definition) is 2. The van der Waals surface area contributed by atoms with Gasteiger partial charge >= 0.3 is 0 Å². The fraction of sp³-hybridized carbons (Fsp3) is 0.467. The van der Waals surface area contributed by atoms with Crippen molar-refractivity contribution in [1.29, 1.82) is 0 Å². The Hall–Kier alpha value is -1.72. The lowest BCUT2D eigenvalue weighted by atomic mass is 9.93. The highest BCUT2D eigenvalue weighted by atomic mass is 15.4. The summed E-state index contributed by atoms with van der Waals surface area (Å²) in [6, 6.07) is 4.28. The van der Waals surface area contributed by atoms with Crippen molar-refractivity contribution in [3.05, 3.63) is 46.3 Å². The monoisotopic (exact) mass is 273 g/mol. The lowest BCUT2D eigenvalue weighted by Gasteiger charge is -2.22. The zero-order valence-electron chi connectivity index (χ0n) is 12.6. The van der Waals surface area contributed by atoms with Crippen molar-refractivity contribution in [3.63, 3.8) is 0 Å². The largest absolute Gasteiger partial charge is 0.271 e. The summed E-state index contributed by atoms with van der Waals surface area (Å²) in [5, 5.41) is 8.18. The lowest BCUT2D eigenvalue weighted by Crippen LogP contribution is -2.32. The molecule has 0 amide bonds. The standard InChI is InChI=1S/C15H23N5/c1-5-6-20-13(9-17-19-20)15(18-16)14-11(3)7-10(2)8-12(14)4/h7-9,15,18H,5-6,16H2,1-4H3. The molecule has 1 aromatic heterocycles. The van der Waals surface area contributed by atoms with E-state index in [1.54, 1.807) is 6.20 Å². The SMILES string of the molecule is CCCn1nncc1C(NN)c1c(C)cc(C)cc1C. The second kappa shape index (κ2) is 6.15. The molecule has 0 aliphatic heterocycles. The van der Waals surface area contributed by atoms with Crippen LogP contribution in [-0.2, 0) is 6.54 Å². The van der Waals surface area contributed by atoms with Crippen molar-refractivity contribution in [3.8, 4) is 0 Å². The van der Waals surface area contributed by atoms with Gasteiger partial charge in [0.25, 0.3) is 0 Å². The van der Waals surface area contributed by atoms with Crippen molar-refractivity contribution in [2.45, 2.75) is 46.7 Å². The van der Waals surface area contributed by atoms with E-state index in [0.29, 0.717) is 0 Å². The van der Waals surface area contributed by atoms with Gasteiger partial charge in [0.1, 0.15) is 0 Å². The fourth-order valence-electron chi connectivity index (χ4n) is 2.84. The molecule has 1 aromatic carbocycles. The fourth-order valence-corrected chi connectivity index (χ4v) is 2.84. The molecular formula is C15H23N5. The molecule has 2 aromatic rings. The Morgan fingerprint density at radius 1 is 1.25 bits per heavy atom. The third kappa shape index (κ3) is 2.73. The van der Waals surface area contributed by atoms with Crippen molar-refractivity contribution in [2.24, 2.45) is 5.84 Å². The Morgan fingerprint density at radius 2 is 1.90 bits per heavy atom. The van der Waals surface area contributed by atoms with Crippen molar-refractivity contribution >= 4 is 0 Å². The van der Waals surface area contributed by atoms with Gasteiger partial charge in [-0.1, -0.05) is 29.8 Å². The normalized spacial score (nSPS) is 12.7. The predicted molar refractivity (Wildman–Crippen MR) is 80.1 cm³/mol. The van der Waals surface area contributed by atoms with E-state index in [1.807, 2.05) is 4.68 Å². The maximum atomic E-state index is 5.82. The summed E-state index contributed by atoms with van der Waals surface area (Å²) < 4.78 is 1.92. The van der Waals surface area contributed by atoms with E-state index in [0.717, 1.165) is 18.7 Å². The molecule has 1 heterocycles. The first-order valence-corrected chi connectivity index (χ1v) is 7.00. The van der Waals surface area contributed by atoms with Crippen LogP contribution in [0.2, 0.25) is 0 Å². The summed E-state index contributed by atoms with van der Waals surface area (Å²) >= 11 is 0. The number of nitrogens with two attached hydrogens (primary N) is 1. The van der Waals surface area contributed by atoms with Crippen molar-refractivity contribution < 1.29 is 0 Å². The van der Waals surface area contributed by atoms with E-state index in [1.165, 1.54) is 22.3 Å². The maximum Gasteiger partial charge on any atom is 0.0899 e. The van der Waals surface area contributed by atoms with Crippen molar-refractivity contribution in [1.82, 2.24) is 20.4 Å². The van der Waals surface area contributed by atoms with Crippen LogP contribution in [0.5, 0.6) is 0 Å². The van der Waals surface area contributed by atoms with E-state index in [2.05, 4.69) is 55.6 Å². The molecule has 0 bridgehead atoms. The first-order chi connectivity index (χ1) is 9.58. The van der Waals surface area contributed by atoms with E-state index >= 15 is 0 Å². The zero-order valence-corrected chi connectivity index (χ0v) is 12.6. The predicted octanol–water partition coefficient (Wildman–Crippen LogP) is 2.17. The number of aromatic nitrogens is 3. The van der Waals surface area contributed by atoms with Crippen molar-refractivity contribution in [2.75, 3.05) is 0 Å². The lowest BCUT2D eigenvalue weighted by molar-refractivity contribution is 0.510. The average molecular weight is 273 g/mol. The van der Waals surface area contributed by atoms with Gasteiger partial charge in [0, 0.05) is 6.54 Å². The molecule has 20 heavy (non-hydrogen) atoms. The van der Waals surface area contributed by atoms with Crippen LogP contribution in [0.15, 0.2) is 18.3 Å². The minimum Gasteiger partial charge on any atom is -0.271 e. The summed E-state index contributed by atoms with van der Waals surface area (Å²) in [5.74, 6) is 5.82. The molecule has 2 rings (SSSR count). The van der Waals surface area contributed by atoms with Gasteiger partial charge in [-0.25, -0.2) is 10.1 Å². The second-order valence-electron chi connectivity index (χ2n) is 5.29. The van der Waals surface area contributed by atoms with Gasteiger partial charge in [-0.05, 0) is 43.9 Å². The zero-order chi connectivity index (χ0) is 14.7. The molecule has 0 saturated carbocycles. The molecule has 5 heteroatoms. The van der Waals surface area contributed by atoms with Crippen LogP contribution in [0, 0.1) is 20.8 Å². The Balaban J connectivity index is 2.50. The number of rotatable bonds is 5. The van der Waals surface area contributed by atoms with E-state index in [4.69, 9.17) is 5.84 Å². The molecular weight excluding hydrogens is 250 g/mol. The van der Waals surface area contributed by atoms with Gasteiger partial charge in [-0.3, -0.25) is 5.84 Å². The third-order valence-corrected chi connectivity index (χ3v) is 3.57. The number of benzene rings is 1. The maximum absolute atomic E-state index is 5.82. The van der Waals surface area contributed by atoms with Crippen LogP contribution in [0.3, 0.4) is 0 Å². The molecule has 5 nitrogen and oxygen atoms in total. The van der Waals surface area contributed by atoms with E-state index < -0.39 is 0 Å². The summed E-state index contributed by atoms with van der Waals surface area (Å²) in [6.45, 7) is 9.31. The van der Waals surface area contributed by atoms with Crippen LogP contribution in [0.25, 0.3) is 0 Å². The van der Waals surface area contributed by atoms with Crippen LogP contribution < -0.4 is 11.3 Å². The Labute approximate surface area is 120 Å². The second-order valence-corrected chi connectivity index (χ2v) is 5.29. The Morgan fingerprint density at radius 3 is 2.45 bits per heavy atom. The van der Waals surface area contributed by atoms with E-state index in [-0.39, 0.29) is 6.04 Å². The van der Waals surface area contributed by atoms with Gasteiger partial charge in [0.05, 0.1) is 17.9 Å². The number of hydrazine groups is 1. The molecule has 0 radical (unpaired) electrons. The smallest absolute Gasteiger partial charge is 0.0899 e. The Bertz CT molecular complexity index is 565. The van der Waals surface area contributed by atoms with Crippen LogP contribution in [0.4, 0.5) is 0 Å². The molecule has 0 aliphatic rings. The number of hydrogen-bond acceptors (Lipinski definition) is 4. The van der Waals surface area contributed by atoms with Crippen LogP contribution in [-0.4, -0.2) is 15.0 Å². The molecule has 1 atom stereocenters. The first-order valence-electron chi connectivity index (χ1n) is 7.00. The highest BCUT2D eigenvalue weighted by molar-refractivity contribution is 5.42. The van der Waals surface area contributed by atoms with Gasteiger partial charge in [0.15, 0.2) is 0 Å². The molecule has 0 aliphatic carbocycles. The molecule has 0 fully saturated rings. The molecule has 1 unspecified atom stereocenters. The van der Waals surface area contributed by atoms with E-state index in [9.17, 15) is 0 Å². The Kier molecular flexibility index (Phi) is 4.52. The minimum absolute atomic E-state index is 0.0860.